The zero-order valence-electron chi connectivity index (χ0n) is 27.1. The van der Waals surface area contributed by atoms with Crippen LogP contribution in [-0.4, -0.2) is 34.9 Å². The van der Waals surface area contributed by atoms with Crippen molar-refractivity contribution in [3.05, 3.63) is 98.8 Å². The summed E-state index contributed by atoms with van der Waals surface area (Å²) in [5, 5.41) is 20.5. The number of halogens is 3. The molecule has 1 heterocycles. The minimum atomic E-state index is -5.04. The number of fused-ring (bicyclic) bond motifs is 1. The minimum Gasteiger partial charge on any atom is -0.508 e. The smallest absolute Gasteiger partial charge is 0.508 e. The Balaban J connectivity index is 1.64. The summed E-state index contributed by atoms with van der Waals surface area (Å²) in [6.45, 7) is 5.59. The van der Waals surface area contributed by atoms with Gasteiger partial charge in [0.25, 0.3) is 5.56 Å². The maximum absolute atomic E-state index is 13.9. The predicted octanol–water partition coefficient (Wildman–Crippen LogP) is 7.79. The van der Waals surface area contributed by atoms with Crippen LogP contribution in [0.5, 0.6) is 11.5 Å². The monoisotopic (exact) mass is 682 g/mol. The number of esters is 1. The Bertz CT molecular complexity index is 1860. The third-order valence-electron chi connectivity index (χ3n) is 7.96. The zero-order chi connectivity index (χ0) is 35.7. The van der Waals surface area contributed by atoms with Gasteiger partial charge in [-0.05, 0) is 89.8 Å². The number of rotatable bonds is 15. The summed E-state index contributed by atoms with van der Waals surface area (Å²) in [5.74, 6) is -2.06. The van der Waals surface area contributed by atoms with E-state index in [1.54, 1.807) is 36.4 Å². The summed E-state index contributed by atoms with van der Waals surface area (Å²) in [6.07, 6.45) is -1.32. The summed E-state index contributed by atoms with van der Waals surface area (Å²) in [7, 11) is 0. The van der Waals surface area contributed by atoms with Crippen LogP contribution in [-0.2, 0) is 14.3 Å². The molecule has 1 aromatic heterocycles. The van der Waals surface area contributed by atoms with E-state index in [1.165, 1.54) is 19.2 Å². The fourth-order valence-electron chi connectivity index (χ4n) is 5.31. The molecule has 1 amide bonds. The summed E-state index contributed by atoms with van der Waals surface area (Å²) < 4.78 is 48.8. The topological polar surface area (TPSA) is 159 Å². The second kappa shape index (κ2) is 16.1. The van der Waals surface area contributed by atoms with Gasteiger partial charge in [0.15, 0.2) is 0 Å². The van der Waals surface area contributed by atoms with Gasteiger partial charge in [-0.15, -0.1) is 18.1 Å². The first-order valence-electron chi connectivity index (χ1n) is 15.7. The summed E-state index contributed by atoms with van der Waals surface area (Å²) in [5.41, 5.74) is 0.492. The van der Waals surface area contributed by atoms with Gasteiger partial charge in [-0.1, -0.05) is 38.5 Å². The molecule has 49 heavy (non-hydrogen) atoms. The Morgan fingerprint density at radius 2 is 1.80 bits per heavy atom. The molecule has 0 bridgehead atoms. The highest BCUT2D eigenvalue weighted by atomic mass is 19.4. The number of nitrogens with one attached hydrogen (secondary N) is 3. The lowest BCUT2D eigenvalue weighted by Gasteiger charge is -2.25. The standard InChI is InChI=1S/C35H37F3N4O7/c1-4-5-16-48-31(44)13-6-20(2)26-11-8-23(17-29(26)43)32(41-24-9-7-22-14-15-39-33(45)28(22)18-24)34(46)40-21(3)27-19-25(42-47)10-12-30(27)49-35(36,37)38/h7-12,14-15,17-21,32,41,43H,4-6,13,16H2,1-3H3,(H,39,45)(H,40,46)/t20-,21+,32?/m0/s1. The molecule has 1 unspecified atom stereocenters. The number of aromatic hydroxyl groups is 1. The molecule has 14 heteroatoms. The van der Waals surface area contributed by atoms with E-state index >= 15 is 0 Å². The molecule has 0 spiro atoms. The number of alkyl halides is 3. The van der Waals surface area contributed by atoms with Crippen LogP contribution in [0.4, 0.5) is 24.5 Å². The van der Waals surface area contributed by atoms with Crippen LogP contribution in [0.25, 0.3) is 10.8 Å². The van der Waals surface area contributed by atoms with Crippen molar-refractivity contribution in [2.45, 2.75) is 70.8 Å². The molecule has 3 aromatic carbocycles. The van der Waals surface area contributed by atoms with E-state index < -0.39 is 30.1 Å². The van der Waals surface area contributed by atoms with Crippen molar-refractivity contribution in [3.63, 3.8) is 0 Å². The number of phenolic OH excluding ortho intramolecular Hbond substituents is 1. The Kier molecular flexibility index (Phi) is 12.0. The molecular weight excluding hydrogens is 645 g/mol. The third-order valence-corrected chi connectivity index (χ3v) is 7.96. The molecule has 0 aliphatic heterocycles. The molecule has 0 aliphatic carbocycles. The highest BCUT2D eigenvalue weighted by Crippen LogP contribution is 2.36. The average molecular weight is 683 g/mol. The van der Waals surface area contributed by atoms with E-state index in [4.69, 9.17) is 4.74 Å². The quantitative estimate of drug-likeness (QED) is 0.0562. The fourth-order valence-corrected chi connectivity index (χ4v) is 5.31. The second-order valence-corrected chi connectivity index (χ2v) is 11.6. The molecular formula is C35H37F3N4O7. The van der Waals surface area contributed by atoms with Crippen LogP contribution >= 0.6 is 0 Å². The van der Waals surface area contributed by atoms with Crippen molar-refractivity contribution in [1.82, 2.24) is 10.3 Å². The van der Waals surface area contributed by atoms with Crippen molar-refractivity contribution in [2.75, 3.05) is 11.9 Å². The lowest BCUT2D eigenvalue weighted by molar-refractivity contribution is -0.275. The van der Waals surface area contributed by atoms with Crippen molar-refractivity contribution in [3.8, 4) is 11.5 Å². The normalized spacial score (nSPS) is 13.3. The second-order valence-electron chi connectivity index (χ2n) is 11.6. The number of pyridine rings is 1. The molecule has 3 atom stereocenters. The molecule has 0 aliphatic rings. The molecule has 4 aromatic rings. The maximum Gasteiger partial charge on any atom is 0.573 e. The van der Waals surface area contributed by atoms with Gasteiger partial charge < -0.3 is 30.2 Å². The number of H-pyrrole nitrogens is 1. The van der Waals surface area contributed by atoms with Gasteiger partial charge in [0, 0.05) is 29.3 Å². The SMILES string of the molecule is CCCCOC(=O)CC[C@H](C)c1ccc(C(Nc2ccc3cc[nH]c(=O)c3c2)C(=O)N[C@H](C)c2cc(N=O)ccc2OC(F)(F)F)cc1O. The summed E-state index contributed by atoms with van der Waals surface area (Å²) in [6, 6.07) is 11.9. The Labute approximate surface area is 279 Å². The molecule has 260 valence electrons. The van der Waals surface area contributed by atoms with Crippen LogP contribution in [0.1, 0.15) is 81.1 Å². The molecule has 0 saturated heterocycles. The molecule has 4 N–H and O–H groups in total. The van der Waals surface area contributed by atoms with Crippen LogP contribution < -0.4 is 20.9 Å². The number of amides is 1. The van der Waals surface area contributed by atoms with Crippen molar-refractivity contribution < 1.29 is 37.3 Å². The number of nitroso groups, excluding NO2 is 1. The number of carbonyl (C=O) groups excluding carboxylic acids is 2. The highest BCUT2D eigenvalue weighted by molar-refractivity contribution is 5.89. The minimum absolute atomic E-state index is 0.141. The van der Waals surface area contributed by atoms with Crippen molar-refractivity contribution >= 4 is 34.0 Å². The Hall–Kier alpha value is -5.40. The molecule has 0 radical (unpaired) electrons. The van der Waals surface area contributed by atoms with E-state index in [0.29, 0.717) is 35.1 Å². The molecule has 0 fully saturated rings. The number of ether oxygens (including phenoxy) is 2. The number of phenols is 1. The first-order valence-corrected chi connectivity index (χ1v) is 15.7. The number of aromatic nitrogens is 1. The Morgan fingerprint density at radius 1 is 1.02 bits per heavy atom. The van der Waals surface area contributed by atoms with Gasteiger partial charge in [-0.2, -0.15) is 0 Å². The van der Waals surface area contributed by atoms with Crippen LogP contribution in [0.15, 0.2) is 76.8 Å². The van der Waals surface area contributed by atoms with Crippen LogP contribution in [0.3, 0.4) is 0 Å². The Morgan fingerprint density at radius 3 is 2.49 bits per heavy atom. The number of nitrogens with zero attached hydrogens (tertiary/aromatic N) is 1. The number of anilines is 1. The average Bonchev–Trinajstić information content (AvgIpc) is 3.05. The number of aromatic amines is 1. The lowest BCUT2D eigenvalue weighted by atomic mass is 9.92. The van der Waals surface area contributed by atoms with Crippen LogP contribution in [0, 0.1) is 4.91 Å². The van der Waals surface area contributed by atoms with Gasteiger partial charge in [-0.25, -0.2) is 0 Å². The van der Waals surface area contributed by atoms with E-state index in [2.05, 4.69) is 25.5 Å². The predicted molar refractivity (Wildman–Crippen MR) is 178 cm³/mol. The number of hydrogen-bond donors (Lipinski definition) is 4. The largest absolute Gasteiger partial charge is 0.573 e. The first-order chi connectivity index (χ1) is 23.3. The summed E-state index contributed by atoms with van der Waals surface area (Å²) in [4.78, 5) is 52.2. The molecule has 11 nitrogen and oxygen atoms in total. The van der Waals surface area contributed by atoms with E-state index in [-0.39, 0.29) is 46.4 Å². The van der Waals surface area contributed by atoms with Gasteiger partial charge in [0.1, 0.15) is 23.2 Å². The van der Waals surface area contributed by atoms with Gasteiger partial charge in [0.05, 0.1) is 12.6 Å². The summed E-state index contributed by atoms with van der Waals surface area (Å²) >= 11 is 0. The molecule has 0 saturated carbocycles. The van der Waals surface area contributed by atoms with Gasteiger partial charge in [0.2, 0.25) is 5.91 Å². The van der Waals surface area contributed by atoms with Gasteiger partial charge >= 0.3 is 12.3 Å². The highest BCUT2D eigenvalue weighted by Gasteiger charge is 2.33. The number of benzene rings is 3. The number of unbranched alkanes of at least 4 members (excludes halogenated alkanes) is 1. The van der Waals surface area contributed by atoms with E-state index in [0.717, 1.165) is 31.0 Å². The fraction of sp³-hybridized carbons (Fsp3) is 0.343. The van der Waals surface area contributed by atoms with Crippen molar-refractivity contribution in [2.24, 2.45) is 5.18 Å². The zero-order valence-corrected chi connectivity index (χ0v) is 27.1. The van der Waals surface area contributed by atoms with E-state index in [1.807, 2.05) is 13.8 Å². The maximum atomic E-state index is 13.9. The van der Waals surface area contributed by atoms with E-state index in [9.17, 15) is 37.6 Å². The lowest BCUT2D eigenvalue weighted by Crippen LogP contribution is -2.35. The molecule has 4 rings (SSSR count). The van der Waals surface area contributed by atoms with Crippen molar-refractivity contribution in [1.29, 1.82) is 0 Å². The third kappa shape index (κ3) is 9.81. The number of hydrogen-bond acceptors (Lipinski definition) is 9. The first kappa shape index (κ1) is 36.4. The van der Waals surface area contributed by atoms with Gasteiger partial charge in [-0.3, -0.25) is 14.4 Å². The number of carbonyl (C=O) groups is 2. The van der Waals surface area contributed by atoms with Crippen LogP contribution in [0.2, 0.25) is 0 Å².